The number of benzene rings is 1. The van der Waals surface area contributed by atoms with E-state index in [0.717, 1.165) is 10.2 Å². The largest absolute Gasteiger partial charge is 0.324 e. The van der Waals surface area contributed by atoms with Gasteiger partial charge in [-0.25, -0.2) is 0 Å². The molecule has 1 heterocycles. The van der Waals surface area contributed by atoms with E-state index in [1.54, 1.807) is 11.3 Å². The fraction of sp³-hybridized carbons (Fsp3) is 0.333. The van der Waals surface area contributed by atoms with Gasteiger partial charge in [0.2, 0.25) is 0 Å². The Morgan fingerprint density at radius 3 is 2.56 bits per heavy atom. The van der Waals surface area contributed by atoms with E-state index in [1.165, 1.54) is 27.1 Å². The number of halogens is 1. The second-order valence-electron chi connectivity index (χ2n) is 4.80. The average Bonchev–Trinajstić information content (AvgIpc) is 2.63. The number of rotatable bonds is 3. The number of aryl methyl sites for hydroxylation is 3. The molecule has 0 fully saturated rings. The van der Waals surface area contributed by atoms with Crippen LogP contribution in [-0.2, 0) is 6.42 Å². The minimum atomic E-state index is 0.0769. The molecule has 0 aliphatic rings. The molecule has 2 N–H and O–H groups in total. The van der Waals surface area contributed by atoms with Crippen molar-refractivity contribution in [2.45, 2.75) is 33.2 Å². The van der Waals surface area contributed by atoms with Gasteiger partial charge in [0.15, 0.2) is 0 Å². The Morgan fingerprint density at radius 1 is 1.22 bits per heavy atom. The van der Waals surface area contributed by atoms with Gasteiger partial charge in [0.25, 0.3) is 0 Å². The molecule has 1 atom stereocenters. The average molecular weight is 324 g/mol. The highest BCUT2D eigenvalue weighted by Gasteiger charge is 2.13. The first-order chi connectivity index (χ1) is 8.47. The lowest BCUT2D eigenvalue weighted by atomic mass is 9.96. The van der Waals surface area contributed by atoms with Gasteiger partial charge in [-0.3, -0.25) is 0 Å². The van der Waals surface area contributed by atoms with Crippen molar-refractivity contribution in [3.8, 4) is 0 Å². The molecule has 0 aliphatic heterocycles. The van der Waals surface area contributed by atoms with Crippen molar-refractivity contribution >= 4 is 27.3 Å². The first-order valence-electron chi connectivity index (χ1n) is 6.05. The fourth-order valence-corrected chi connectivity index (χ4v) is 3.98. The smallest absolute Gasteiger partial charge is 0.0704 e. The van der Waals surface area contributed by atoms with Crippen molar-refractivity contribution in [1.82, 2.24) is 0 Å². The Balaban J connectivity index is 2.23. The van der Waals surface area contributed by atoms with E-state index in [4.69, 9.17) is 5.73 Å². The van der Waals surface area contributed by atoms with Crippen LogP contribution in [0.25, 0.3) is 0 Å². The van der Waals surface area contributed by atoms with Gasteiger partial charge in [0, 0.05) is 10.9 Å². The molecule has 1 aromatic carbocycles. The molecule has 0 saturated carbocycles. The van der Waals surface area contributed by atoms with Gasteiger partial charge in [0.1, 0.15) is 0 Å². The SMILES string of the molecule is Cc1ccc(C)c(CC(N)c2cc(Br)sc2C)c1. The van der Waals surface area contributed by atoms with Crippen LogP contribution < -0.4 is 5.73 Å². The van der Waals surface area contributed by atoms with Crippen LogP contribution in [0.3, 0.4) is 0 Å². The summed E-state index contributed by atoms with van der Waals surface area (Å²) in [5.74, 6) is 0. The van der Waals surface area contributed by atoms with E-state index in [-0.39, 0.29) is 6.04 Å². The van der Waals surface area contributed by atoms with Gasteiger partial charge in [-0.2, -0.15) is 0 Å². The summed E-state index contributed by atoms with van der Waals surface area (Å²) >= 11 is 5.28. The van der Waals surface area contributed by atoms with Gasteiger partial charge in [-0.15, -0.1) is 11.3 Å². The third-order valence-electron chi connectivity index (χ3n) is 3.27. The van der Waals surface area contributed by atoms with Crippen LogP contribution in [-0.4, -0.2) is 0 Å². The van der Waals surface area contributed by atoms with Crippen LogP contribution in [0.4, 0.5) is 0 Å². The normalized spacial score (nSPS) is 12.7. The molecule has 0 amide bonds. The van der Waals surface area contributed by atoms with Crippen LogP contribution in [0, 0.1) is 20.8 Å². The van der Waals surface area contributed by atoms with Gasteiger partial charge in [-0.1, -0.05) is 23.8 Å². The highest BCUT2D eigenvalue weighted by atomic mass is 79.9. The minimum absolute atomic E-state index is 0.0769. The zero-order valence-corrected chi connectivity index (χ0v) is 13.4. The van der Waals surface area contributed by atoms with E-state index >= 15 is 0 Å². The topological polar surface area (TPSA) is 26.0 Å². The van der Waals surface area contributed by atoms with Crippen molar-refractivity contribution in [2.24, 2.45) is 5.73 Å². The first-order valence-corrected chi connectivity index (χ1v) is 7.66. The number of thiophene rings is 1. The summed E-state index contributed by atoms with van der Waals surface area (Å²) in [6.07, 6.45) is 0.900. The molecule has 2 aromatic rings. The second kappa shape index (κ2) is 5.55. The summed E-state index contributed by atoms with van der Waals surface area (Å²) in [6.45, 7) is 6.41. The van der Waals surface area contributed by atoms with Crippen molar-refractivity contribution in [3.05, 3.63) is 55.2 Å². The molecule has 0 spiro atoms. The molecular formula is C15H18BrNS. The Bertz CT molecular complexity index is 560. The molecule has 0 aliphatic carbocycles. The van der Waals surface area contributed by atoms with Crippen molar-refractivity contribution < 1.29 is 0 Å². The first kappa shape index (κ1) is 13.8. The summed E-state index contributed by atoms with van der Waals surface area (Å²) in [5, 5.41) is 0. The predicted molar refractivity (Wildman–Crippen MR) is 83.3 cm³/mol. The summed E-state index contributed by atoms with van der Waals surface area (Å²) in [7, 11) is 0. The van der Waals surface area contributed by atoms with Crippen molar-refractivity contribution in [3.63, 3.8) is 0 Å². The monoisotopic (exact) mass is 323 g/mol. The minimum Gasteiger partial charge on any atom is -0.324 e. The molecule has 1 unspecified atom stereocenters. The van der Waals surface area contributed by atoms with Crippen LogP contribution in [0.1, 0.15) is 33.2 Å². The van der Waals surface area contributed by atoms with Crippen LogP contribution in [0.5, 0.6) is 0 Å². The summed E-state index contributed by atoms with van der Waals surface area (Å²) < 4.78 is 1.16. The molecule has 2 rings (SSSR count). The van der Waals surface area contributed by atoms with E-state index in [2.05, 4.69) is 61.0 Å². The molecule has 0 saturated heterocycles. The predicted octanol–water partition coefficient (Wildman–Crippen LogP) is 4.68. The van der Waals surface area contributed by atoms with E-state index in [9.17, 15) is 0 Å². The highest BCUT2D eigenvalue weighted by molar-refractivity contribution is 9.11. The van der Waals surface area contributed by atoms with Crippen LogP contribution in [0.2, 0.25) is 0 Å². The molecule has 0 radical (unpaired) electrons. The summed E-state index contributed by atoms with van der Waals surface area (Å²) in [4.78, 5) is 1.31. The Hall–Kier alpha value is -0.640. The van der Waals surface area contributed by atoms with Crippen LogP contribution >= 0.6 is 27.3 Å². The quantitative estimate of drug-likeness (QED) is 0.872. The molecule has 18 heavy (non-hydrogen) atoms. The second-order valence-corrected chi connectivity index (χ2v) is 7.44. The molecule has 1 aromatic heterocycles. The maximum Gasteiger partial charge on any atom is 0.0704 e. The summed E-state index contributed by atoms with van der Waals surface area (Å²) in [5.41, 5.74) is 11.6. The lowest BCUT2D eigenvalue weighted by Crippen LogP contribution is -2.14. The zero-order valence-electron chi connectivity index (χ0n) is 11.0. The summed E-state index contributed by atoms with van der Waals surface area (Å²) in [6, 6.07) is 8.79. The van der Waals surface area contributed by atoms with Crippen molar-refractivity contribution in [2.75, 3.05) is 0 Å². The Labute approximate surface area is 121 Å². The van der Waals surface area contributed by atoms with Gasteiger partial charge >= 0.3 is 0 Å². The maximum absolute atomic E-state index is 6.35. The highest BCUT2D eigenvalue weighted by Crippen LogP contribution is 2.31. The number of hydrogen-bond acceptors (Lipinski definition) is 2. The molecule has 96 valence electrons. The standard InChI is InChI=1S/C15H18BrNS/c1-9-4-5-10(2)12(6-9)7-14(17)13-8-15(16)18-11(13)3/h4-6,8,14H,7,17H2,1-3H3. The molecule has 0 bridgehead atoms. The van der Waals surface area contributed by atoms with E-state index < -0.39 is 0 Å². The third kappa shape index (κ3) is 3.02. The van der Waals surface area contributed by atoms with Crippen LogP contribution in [0.15, 0.2) is 28.1 Å². The Kier molecular flexibility index (Phi) is 4.25. The number of nitrogens with two attached hydrogens (primary N) is 1. The van der Waals surface area contributed by atoms with E-state index in [0.29, 0.717) is 0 Å². The van der Waals surface area contributed by atoms with Gasteiger partial charge < -0.3 is 5.73 Å². The lowest BCUT2D eigenvalue weighted by molar-refractivity contribution is 0.717. The molecule has 3 heteroatoms. The van der Waals surface area contributed by atoms with Gasteiger partial charge in [-0.05, 0) is 65.9 Å². The molecular weight excluding hydrogens is 306 g/mol. The van der Waals surface area contributed by atoms with Crippen molar-refractivity contribution in [1.29, 1.82) is 0 Å². The fourth-order valence-electron chi connectivity index (χ4n) is 2.19. The third-order valence-corrected chi connectivity index (χ3v) is 4.84. The Morgan fingerprint density at radius 2 is 1.94 bits per heavy atom. The zero-order chi connectivity index (χ0) is 13.3. The maximum atomic E-state index is 6.35. The van der Waals surface area contributed by atoms with E-state index in [1.807, 2.05) is 0 Å². The lowest BCUT2D eigenvalue weighted by Gasteiger charge is -2.14. The number of hydrogen-bond donors (Lipinski definition) is 1. The van der Waals surface area contributed by atoms with Gasteiger partial charge in [0.05, 0.1) is 3.79 Å². The molecule has 1 nitrogen and oxygen atoms in total.